The van der Waals surface area contributed by atoms with Crippen LogP contribution >= 0.6 is 7.26 Å². The number of benzene rings is 3. The Labute approximate surface area is 207 Å². The van der Waals surface area contributed by atoms with Crippen molar-refractivity contribution in [3.63, 3.8) is 0 Å². The van der Waals surface area contributed by atoms with Gasteiger partial charge in [0.2, 0.25) is 0 Å². The second-order valence-corrected chi connectivity index (χ2v) is 16.7. The minimum atomic E-state index is -2.23. The van der Waals surface area contributed by atoms with E-state index in [0.717, 1.165) is 12.8 Å². The smallest absolute Gasteiger partial charge is 0.259 e. The molecule has 0 unspecified atom stereocenters. The maximum absolute atomic E-state index is 13.8. The number of carbonyl (C=O) groups is 1. The molecule has 34 heavy (non-hydrogen) atoms. The average molecular weight is 493 g/mol. The van der Waals surface area contributed by atoms with Gasteiger partial charge in [0.25, 0.3) is 5.91 Å². The van der Waals surface area contributed by atoms with Crippen LogP contribution in [0.4, 0.5) is 0 Å². The average Bonchev–Trinajstić information content (AvgIpc) is 2.82. The van der Waals surface area contributed by atoms with Crippen LogP contribution in [0.3, 0.4) is 0 Å². The van der Waals surface area contributed by atoms with Crippen molar-refractivity contribution < 1.29 is 9.00 Å². The van der Waals surface area contributed by atoms with Gasteiger partial charge in [0.1, 0.15) is 23.2 Å². The van der Waals surface area contributed by atoms with Gasteiger partial charge in [-0.1, -0.05) is 54.6 Å². The van der Waals surface area contributed by atoms with Gasteiger partial charge in [-0.3, -0.25) is 9.00 Å². The summed E-state index contributed by atoms with van der Waals surface area (Å²) in [6.07, 6.45) is 1.86. The van der Waals surface area contributed by atoms with Crippen LogP contribution in [0.1, 0.15) is 40.5 Å². The van der Waals surface area contributed by atoms with Gasteiger partial charge < -0.3 is 5.32 Å². The van der Waals surface area contributed by atoms with E-state index in [4.69, 9.17) is 0 Å². The highest BCUT2D eigenvalue weighted by molar-refractivity contribution is 7.96. The first-order valence-electron chi connectivity index (χ1n) is 11.9. The number of hydrogen-bond donors (Lipinski definition) is 1. The van der Waals surface area contributed by atoms with Gasteiger partial charge in [0.05, 0.1) is 0 Å². The molecule has 3 aromatic rings. The van der Waals surface area contributed by atoms with Crippen molar-refractivity contribution in [2.75, 3.05) is 6.16 Å². The summed E-state index contributed by atoms with van der Waals surface area (Å²) in [6.45, 7) is 8.22. The summed E-state index contributed by atoms with van der Waals surface area (Å²) in [6, 6.07) is 31.5. The van der Waals surface area contributed by atoms with Crippen molar-refractivity contribution in [2.45, 2.75) is 56.1 Å². The highest BCUT2D eigenvalue weighted by Gasteiger charge is 2.49. The van der Waals surface area contributed by atoms with Gasteiger partial charge >= 0.3 is 0 Å². The number of rotatable bonds is 6. The topological polar surface area (TPSA) is 46.2 Å². The highest BCUT2D eigenvalue weighted by Crippen LogP contribution is 2.55. The normalized spacial score (nSPS) is 21.5. The second kappa shape index (κ2) is 9.76. The Bertz CT molecular complexity index is 1030. The molecule has 3 nitrogen and oxygen atoms in total. The molecule has 1 fully saturated rings. The van der Waals surface area contributed by atoms with E-state index in [0.29, 0.717) is 6.16 Å². The predicted octanol–water partition coefficient (Wildman–Crippen LogP) is 4.57. The molecule has 0 saturated carbocycles. The lowest BCUT2D eigenvalue weighted by molar-refractivity contribution is -0.119. The Hall–Kier alpha value is -2.29. The summed E-state index contributed by atoms with van der Waals surface area (Å²) in [5.41, 5.74) is 0. The molecule has 178 valence electrons. The quantitative estimate of drug-likeness (QED) is 0.513. The summed E-state index contributed by atoms with van der Waals surface area (Å²) in [7, 11) is -3.17. The van der Waals surface area contributed by atoms with Gasteiger partial charge in [-0.15, -0.1) is 0 Å². The van der Waals surface area contributed by atoms with Crippen molar-refractivity contribution in [3.8, 4) is 0 Å². The van der Waals surface area contributed by atoms with Gasteiger partial charge in [0.15, 0.2) is 6.16 Å². The van der Waals surface area contributed by atoms with Crippen LogP contribution in [0, 0.1) is 0 Å². The van der Waals surface area contributed by atoms with E-state index in [-0.39, 0.29) is 21.4 Å². The lowest BCUT2D eigenvalue weighted by atomic mass is 9.93. The molecular formula is C29H35NO2PS+. The van der Waals surface area contributed by atoms with Crippen molar-refractivity contribution in [2.24, 2.45) is 0 Å². The maximum Gasteiger partial charge on any atom is 0.259 e. The summed E-state index contributed by atoms with van der Waals surface area (Å²) in [5, 5.41) is 6.98. The molecule has 0 aromatic heterocycles. The Kier molecular flexibility index (Phi) is 7.12. The Balaban J connectivity index is 1.74. The monoisotopic (exact) mass is 492 g/mol. The first-order chi connectivity index (χ1) is 16.1. The fourth-order valence-electron chi connectivity index (χ4n) is 5.52. The SMILES string of the molecule is CC1(C)CC(NC(=O)C[P+](c2ccccc2)(c2ccccc2)c2ccccc2)CC(C)(C)S1=O. The molecule has 1 N–H and O–H groups in total. The summed E-state index contributed by atoms with van der Waals surface area (Å²) >= 11 is 0. The van der Waals surface area contributed by atoms with E-state index in [2.05, 4.69) is 106 Å². The van der Waals surface area contributed by atoms with Crippen LogP contribution in [-0.2, 0) is 15.6 Å². The van der Waals surface area contributed by atoms with Crippen molar-refractivity contribution in [3.05, 3.63) is 91.0 Å². The van der Waals surface area contributed by atoms with Gasteiger partial charge in [0, 0.05) is 26.3 Å². The van der Waals surface area contributed by atoms with E-state index < -0.39 is 18.1 Å². The lowest BCUT2D eigenvalue weighted by Crippen LogP contribution is -2.55. The Morgan fingerprint density at radius 1 is 0.765 bits per heavy atom. The lowest BCUT2D eigenvalue weighted by Gasteiger charge is -2.44. The van der Waals surface area contributed by atoms with Crippen molar-refractivity contribution in [1.82, 2.24) is 5.32 Å². The van der Waals surface area contributed by atoms with Crippen LogP contribution in [-0.4, -0.2) is 31.8 Å². The second-order valence-electron chi connectivity index (χ2n) is 10.4. The maximum atomic E-state index is 13.8. The van der Waals surface area contributed by atoms with Crippen LogP contribution < -0.4 is 21.2 Å². The molecule has 1 aliphatic rings. The first kappa shape index (κ1) is 24.8. The van der Waals surface area contributed by atoms with Gasteiger partial charge in [-0.2, -0.15) is 0 Å². The molecule has 0 atom stereocenters. The zero-order valence-corrected chi connectivity index (χ0v) is 22.2. The molecule has 0 aliphatic carbocycles. The zero-order valence-electron chi connectivity index (χ0n) is 20.5. The molecule has 1 amide bonds. The fraction of sp³-hybridized carbons (Fsp3) is 0.345. The highest BCUT2D eigenvalue weighted by atomic mass is 32.2. The number of carbonyl (C=O) groups excluding carboxylic acids is 1. The minimum Gasteiger partial charge on any atom is -0.350 e. The molecule has 1 saturated heterocycles. The van der Waals surface area contributed by atoms with E-state index in [1.165, 1.54) is 15.9 Å². The molecule has 5 heteroatoms. The van der Waals surface area contributed by atoms with E-state index in [9.17, 15) is 9.00 Å². The molecule has 0 radical (unpaired) electrons. The summed E-state index contributed by atoms with van der Waals surface area (Å²) in [4.78, 5) is 13.8. The third kappa shape index (κ3) is 4.90. The minimum absolute atomic E-state index is 0.0134. The Morgan fingerprint density at radius 3 is 1.47 bits per heavy atom. The Morgan fingerprint density at radius 2 is 1.12 bits per heavy atom. The molecule has 3 aromatic carbocycles. The zero-order chi connectivity index (χ0) is 24.4. The number of hydrogen-bond acceptors (Lipinski definition) is 2. The molecule has 0 spiro atoms. The van der Waals surface area contributed by atoms with E-state index >= 15 is 0 Å². The van der Waals surface area contributed by atoms with Crippen LogP contribution in [0.25, 0.3) is 0 Å². The fourth-order valence-corrected chi connectivity index (χ4v) is 11.7. The predicted molar refractivity (Wildman–Crippen MR) is 147 cm³/mol. The van der Waals surface area contributed by atoms with E-state index in [1.807, 2.05) is 18.2 Å². The van der Waals surface area contributed by atoms with Crippen molar-refractivity contribution in [1.29, 1.82) is 0 Å². The standard InChI is InChI=1S/C29H34NO2PS/c1-28(2)20-23(21-29(3,4)34(28)32)30-27(31)22-33(24-14-8-5-9-15-24,25-16-10-6-11-17-25)26-18-12-7-13-19-26/h5-19,23H,20-22H2,1-4H3/p+1. The van der Waals surface area contributed by atoms with Crippen LogP contribution in [0.5, 0.6) is 0 Å². The van der Waals surface area contributed by atoms with Crippen LogP contribution in [0.2, 0.25) is 0 Å². The molecule has 0 bridgehead atoms. The van der Waals surface area contributed by atoms with Crippen LogP contribution in [0.15, 0.2) is 91.0 Å². The van der Waals surface area contributed by atoms with E-state index in [1.54, 1.807) is 0 Å². The molecular weight excluding hydrogens is 457 g/mol. The molecule has 1 aliphatic heterocycles. The third-order valence-corrected chi connectivity index (χ3v) is 13.5. The van der Waals surface area contributed by atoms with Gasteiger partial charge in [-0.25, -0.2) is 0 Å². The first-order valence-corrected chi connectivity index (χ1v) is 15.0. The number of nitrogens with one attached hydrogen (secondary N) is 1. The van der Waals surface area contributed by atoms with Crippen molar-refractivity contribution >= 4 is 39.9 Å². The largest absolute Gasteiger partial charge is 0.350 e. The summed E-state index contributed by atoms with van der Waals surface area (Å²) in [5.74, 6) is 0.0641. The van der Waals surface area contributed by atoms with Gasteiger partial charge in [-0.05, 0) is 76.9 Å². The molecule has 1 heterocycles. The number of amides is 1. The molecule has 4 rings (SSSR count). The third-order valence-electron chi connectivity index (χ3n) is 6.82. The summed E-state index contributed by atoms with van der Waals surface area (Å²) < 4.78 is 12.3.